The summed E-state index contributed by atoms with van der Waals surface area (Å²) in [4.78, 5) is 16.4. The standard InChI is InChI=1S/C16H17ClN2O2S/c17-13-6-2-1-4-11(13)10-22-15-12-5-3-7-14(12)19(8-9-20)16(21)18-15/h1-2,4,6,20H,3,5,7-10H2. The first-order valence-corrected chi connectivity index (χ1v) is 8.66. The summed E-state index contributed by atoms with van der Waals surface area (Å²) in [7, 11) is 0. The molecule has 0 aliphatic heterocycles. The van der Waals surface area contributed by atoms with Crippen LogP contribution in [-0.4, -0.2) is 21.3 Å². The number of halogens is 1. The molecule has 6 heteroatoms. The minimum Gasteiger partial charge on any atom is -0.395 e. The lowest BCUT2D eigenvalue weighted by molar-refractivity contribution is 0.271. The van der Waals surface area contributed by atoms with Gasteiger partial charge in [-0.2, -0.15) is 4.98 Å². The van der Waals surface area contributed by atoms with Crippen LogP contribution in [0.5, 0.6) is 0 Å². The number of benzene rings is 1. The van der Waals surface area contributed by atoms with Gasteiger partial charge in [-0.25, -0.2) is 4.79 Å². The topological polar surface area (TPSA) is 55.1 Å². The van der Waals surface area contributed by atoms with Crippen LogP contribution < -0.4 is 5.69 Å². The summed E-state index contributed by atoms with van der Waals surface area (Å²) in [6, 6.07) is 7.72. The molecular formula is C16H17ClN2O2S. The summed E-state index contributed by atoms with van der Waals surface area (Å²) in [5.74, 6) is 0.697. The highest BCUT2D eigenvalue weighted by molar-refractivity contribution is 7.98. The molecule has 22 heavy (non-hydrogen) atoms. The molecule has 1 aromatic heterocycles. The molecule has 116 valence electrons. The van der Waals surface area contributed by atoms with E-state index in [9.17, 15) is 4.79 Å². The van der Waals surface area contributed by atoms with E-state index in [2.05, 4.69) is 4.98 Å². The Labute approximate surface area is 138 Å². The number of hydrogen-bond donors (Lipinski definition) is 1. The number of fused-ring (bicyclic) bond motifs is 1. The average molecular weight is 337 g/mol. The summed E-state index contributed by atoms with van der Waals surface area (Å²) in [6.45, 7) is 0.282. The van der Waals surface area contributed by atoms with E-state index in [1.165, 1.54) is 0 Å². The van der Waals surface area contributed by atoms with E-state index in [0.29, 0.717) is 12.3 Å². The molecule has 0 fully saturated rings. The zero-order chi connectivity index (χ0) is 15.5. The van der Waals surface area contributed by atoms with Gasteiger partial charge in [0.2, 0.25) is 0 Å². The molecule has 1 aliphatic rings. The molecule has 2 aromatic rings. The van der Waals surface area contributed by atoms with Crippen molar-refractivity contribution >= 4 is 23.4 Å². The molecule has 1 aromatic carbocycles. The Morgan fingerprint density at radius 1 is 1.32 bits per heavy atom. The van der Waals surface area contributed by atoms with Crippen LogP contribution in [-0.2, 0) is 25.1 Å². The fraction of sp³-hybridized carbons (Fsp3) is 0.375. The quantitative estimate of drug-likeness (QED) is 0.673. The molecule has 1 aliphatic carbocycles. The lowest BCUT2D eigenvalue weighted by atomic mass is 10.2. The first kappa shape index (κ1) is 15.6. The van der Waals surface area contributed by atoms with E-state index in [1.54, 1.807) is 16.3 Å². The van der Waals surface area contributed by atoms with E-state index in [0.717, 1.165) is 46.1 Å². The van der Waals surface area contributed by atoms with Gasteiger partial charge in [0.05, 0.1) is 13.2 Å². The van der Waals surface area contributed by atoms with Crippen molar-refractivity contribution in [3.63, 3.8) is 0 Å². The van der Waals surface area contributed by atoms with Gasteiger partial charge in [0.25, 0.3) is 0 Å². The Balaban J connectivity index is 1.89. The van der Waals surface area contributed by atoms with Crippen molar-refractivity contribution < 1.29 is 5.11 Å². The molecular weight excluding hydrogens is 320 g/mol. The number of aliphatic hydroxyl groups is 1. The first-order valence-electron chi connectivity index (χ1n) is 7.30. The maximum atomic E-state index is 12.2. The van der Waals surface area contributed by atoms with Crippen molar-refractivity contribution in [2.45, 2.75) is 36.6 Å². The predicted octanol–water partition coefficient (Wildman–Crippen LogP) is 2.67. The van der Waals surface area contributed by atoms with Gasteiger partial charge in [0.15, 0.2) is 0 Å². The maximum absolute atomic E-state index is 12.2. The van der Waals surface area contributed by atoms with Crippen LogP contribution in [0.25, 0.3) is 0 Å². The SMILES string of the molecule is O=c1nc(SCc2ccccc2Cl)c2c(n1CCO)CCC2. The largest absolute Gasteiger partial charge is 0.395 e. The number of thioether (sulfide) groups is 1. The fourth-order valence-electron chi connectivity index (χ4n) is 2.80. The number of nitrogens with zero attached hydrogens (tertiary/aromatic N) is 2. The van der Waals surface area contributed by atoms with Crippen LogP contribution >= 0.6 is 23.4 Å². The van der Waals surface area contributed by atoms with Gasteiger partial charge in [-0.05, 0) is 30.9 Å². The minimum absolute atomic E-state index is 0.0415. The number of aromatic nitrogens is 2. The minimum atomic E-state index is -0.267. The van der Waals surface area contributed by atoms with Gasteiger partial charge in [0.1, 0.15) is 5.03 Å². The fourth-order valence-corrected chi connectivity index (χ4v) is 4.16. The highest BCUT2D eigenvalue weighted by Gasteiger charge is 2.21. The van der Waals surface area contributed by atoms with Crippen LogP contribution in [0.1, 0.15) is 23.2 Å². The van der Waals surface area contributed by atoms with Crippen molar-refractivity contribution in [2.75, 3.05) is 6.61 Å². The molecule has 0 saturated carbocycles. The lowest BCUT2D eigenvalue weighted by Crippen LogP contribution is -2.28. The van der Waals surface area contributed by atoms with Crippen LogP contribution in [0.2, 0.25) is 5.02 Å². The Morgan fingerprint density at radius 3 is 2.91 bits per heavy atom. The normalized spacial score (nSPS) is 13.4. The zero-order valence-electron chi connectivity index (χ0n) is 12.1. The maximum Gasteiger partial charge on any atom is 0.348 e. The second kappa shape index (κ2) is 6.86. The Morgan fingerprint density at radius 2 is 2.14 bits per heavy atom. The Hall–Kier alpha value is -1.30. The first-order chi connectivity index (χ1) is 10.7. The highest BCUT2D eigenvalue weighted by Crippen LogP contribution is 2.32. The van der Waals surface area contributed by atoms with Crippen LogP contribution in [0, 0.1) is 0 Å². The monoisotopic (exact) mass is 336 g/mol. The van der Waals surface area contributed by atoms with Crippen molar-refractivity contribution in [1.82, 2.24) is 9.55 Å². The Bertz CT molecular complexity index is 745. The lowest BCUT2D eigenvalue weighted by Gasteiger charge is -2.13. The molecule has 3 rings (SSSR count). The third-order valence-corrected chi connectivity index (χ3v) is 5.28. The van der Waals surface area contributed by atoms with Crippen LogP contribution in [0.4, 0.5) is 0 Å². The van der Waals surface area contributed by atoms with E-state index in [-0.39, 0.29) is 12.3 Å². The second-order valence-corrected chi connectivity index (χ2v) is 6.60. The molecule has 0 amide bonds. The molecule has 0 bridgehead atoms. The summed E-state index contributed by atoms with van der Waals surface area (Å²) in [5, 5.41) is 10.7. The van der Waals surface area contributed by atoms with Gasteiger partial charge < -0.3 is 5.11 Å². The smallest absolute Gasteiger partial charge is 0.348 e. The Kier molecular flexibility index (Phi) is 4.86. The zero-order valence-corrected chi connectivity index (χ0v) is 13.7. The van der Waals surface area contributed by atoms with E-state index >= 15 is 0 Å². The van der Waals surface area contributed by atoms with Gasteiger partial charge in [-0.3, -0.25) is 4.57 Å². The number of hydrogen-bond acceptors (Lipinski definition) is 4. The second-order valence-electron chi connectivity index (χ2n) is 5.23. The van der Waals surface area contributed by atoms with E-state index in [4.69, 9.17) is 16.7 Å². The molecule has 0 radical (unpaired) electrons. The summed E-state index contributed by atoms with van der Waals surface area (Å²) in [6.07, 6.45) is 2.86. The van der Waals surface area contributed by atoms with Crippen molar-refractivity contribution in [1.29, 1.82) is 0 Å². The molecule has 1 heterocycles. The molecule has 0 atom stereocenters. The van der Waals surface area contributed by atoms with Crippen molar-refractivity contribution in [3.8, 4) is 0 Å². The summed E-state index contributed by atoms with van der Waals surface area (Å²) in [5.41, 5.74) is 2.97. The van der Waals surface area contributed by atoms with Crippen molar-refractivity contribution in [3.05, 3.63) is 56.6 Å². The highest BCUT2D eigenvalue weighted by atomic mass is 35.5. The third kappa shape index (κ3) is 3.07. The van der Waals surface area contributed by atoms with Crippen LogP contribution in [0.3, 0.4) is 0 Å². The van der Waals surface area contributed by atoms with Gasteiger partial charge in [0, 0.05) is 22.0 Å². The molecule has 1 N–H and O–H groups in total. The number of rotatable bonds is 5. The molecule has 0 saturated heterocycles. The van der Waals surface area contributed by atoms with Gasteiger partial charge in [-0.1, -0.05) is 29.8 Å². The summed E-state index contributed by atoms with van der Waals surface area (Å²) < 4.78 is 1.61. The molecule has 0 spiro atoms. The number of aliphatic hydroxyl groups excluding tert-OH is 1. The molecule has 0 unspecified atom stereocenters. The van der Waals surface area contributed by atoms with Crippen LogP contribution in [0.15, 0.2) is 34.1 Å². The predicted molar refractivity (Wildman–Crippen MR) is 88.6 cm³/mol. The van der Waals surface area contributed by atoms with Gasteiger partial charge >= 0.3 is 5.69 Å². The van der Waals surface area contributed by atoms with E-state index in [1.807, 2.05) is 24.3 Å². The summed E-state index contributed by atoms with van der Waals surface area (Å²) >= 11 is 7.74. The molecule has 4 nitrogen and oxygen atoms in total. The third-order valence-electron chi connectivity index (χ3n) is 3.85. The van der Waals surface area contributed by atoms with E-state index < -0.39 is 0 Å². The average Bonchev–Trinajstić information content (AvgIpc) is 2.99. The van der Waals surface area contributed by atoms with Crippen molar-refractivity contribution in [2.24, 2.45) is 0 Å². The van der Waals surface area contributed by atoms with Gasteiger partial charge in [-0.15, -0.1) is 11.8 Å².